The molecule has 8 nitrogen and oxygen atoms in total. The second-order valence-corrected chi connectivity index (χ2v) is 11.2. The van der Waals surface area contributed by atoms with E-state index in [1.54, 1.807) is 24.9 Å². The van der Waals surface area contributed by atoms with Gasteiger partial charge in [0.2, 0.25) is 0 Å². The number of piperazine rings is 1. The Hall–Kier alpha value is -4.05. The number of rotatable bonds is 7. The van der Waals surface area contributed by atoms with Crippen LogP contribution in [0.5, 0.6) is 5.75 Å². The molecule has 3 N–H and O–H groups in total. The number of ether oxygens (including phenoxy) is 1. The first-order valence-corrected chi connectivity index (χ1v) is 14.5. The number of hydrogen-bond donors (Lipinski definition) is 3. The number of nitrogens with one attached hydrogen (secondary N) is 3. The summed E-state index contributed by atoms with van der Waals surface area (Å²) in [6.07, 6.45) is 3.61. The molecule has 0 saturated carbocycles. The maximum atomic E-state index is 15.7. The normalized spacial score (nSPS) is 22.3. The first-order valence-electron chi connectivity index (χ1n) is 14.5. The van der Waals surface area contributed by atoms with Gasteiger partial charge in [-0.3, -0.25) is 4.79 Å². The minimum absolute atomic E-state index is 0.0865. The molecule has 2 aromatic carbocycles. The molecular weight excluding hydrogens is 538 g/mol. The van der Waals surface area contributed by atoms with Crippen molar-refractivity contribution in [3.05, 3.63) is 77.3 Å². The minimum atomic E-state index is -0.700. The zero-order valence-corrected chi connectivity index (χ0v) is 24.9. The number of benzene rings is 2. The van der Waals surface area contributed by atoms with Crippen molar-refractivity contribution in [1.29, 1.82) is 0 Å². The van der Waals surface area contributed by atoms with Crippen LogP contribution >= 0.6 is 0 Å². The molecule has 0 aliphatic carbocycles. The molecule has 0 bridgehead atoms. The highest BCUT2D eigenvalue weighted by atomic mass is 19.1. The molecule has 2 unspecified atom stereocenters. The van der Waals surface area contributed by atoms with Crippen LogP contribution in [0.25, 0.3) is 10.9 Å². The Morgan fingerprint density at radius 1 is 1.17 bits per heavy atom. The van der Waals surface area contributed by atoms with Crippen molar-refractivity contribution >= 4 is 28.2 Å². The summed E-state index contributed by atoms with van der Waals surface area (Å²) in [5, 5.41) is 6.90. The van der Waals surface area contributed by atoms with Crippen molar-refractivity contribution in [3.8, 4) is 5.75 Å². The molecule has 10 heteroatoms. The number of halogens is 2. The van der Waals surface area contributed by atoms with Gasteiger partial charge in [-0.15, -0.1) is 0 Å². The van der Waals surface area contributed by atoms with E-state index in [0.717, 1.165) is 43.6 Å². The highest BCUT2D eigenvalue weighted by molar-refractivity contribution is 5.96. The fourth-order valence-corrected chi connectivity index (χ4v) is 5.43. The van der Waals surface area contributed by atoms with E-state index in [1.165, 1.54) is 0 Å². The zero-order valence-electron chi connectivity index (χ0n) is 24.9. The number of carbonyl (C=O) groups excluding carboxylic acids is 1. The topological polar surface area (TPSA) is 75.9 Å². The van der Waals surface area contributed by atoms with E-state index < -0.39 is 17.8 Å². The number of allylic oxidation sites excluding steroid dienone is 2. The van der Waals surface area contributed by atoms with Gasteiger partial charge in [-0.25, -0.2) is 8.78 Å². The van der Waals surface area contributed by atoms with Crippen molar-refractivity contribution in [2.45, 2.75) is 33.4 Å². The lowest BCUT2D eigenvalue weighted by atomic mass is 9.96. The van der Waals surface area contributed by atoms with E-state index in [4.69, 9.17) is 4.74 Å². The summed E-state index contributed by atoms with van der Waals surface area (Å²) < 4.78 is 37.0. The number of anilines is 2. The maximum absolute atomic E-state index is 15.7. The number of likely N-dealkylation sites (N-methyl/N-ethyl adjacent to an activating group) is 2. The number of nitrogens with zero attached hydrogens (tertiary/aromatic N) is 3. The number of amides is 1. The Bertz CT molecular complexity index is 1510. The molecule has 1 saturated heterocycles. The van der Waals surface area contributed by atoms with Crippen LogP contribution in [0.3, 0.4) is 0 Å². The van der Waals surface area contributed by atoms with Crippen LogP contribution in [0.4, 0.5) is 20.2 Å². The third-order valence-corrected chi connectivity index (χ3v) is 8.07. The van der Waals surface area contributed by atoms with E-state index in [2.05, 4.69) is 44.6 Å². The lowest BCUT2D eigenvalue weighted by Gasteiger charge is -2.34. The SMILES string of the molecule is CCN(C)C(=O)/C1=C(\Oc2cc(F)c3[nH]c(C)cc3c2F)C(C)C/C=C/NC1Nc1cccc(N2CCN(C)CC2)c1. The van der Waals surface area contributed by atoms with Crippen LogP contribution < -0.4 is 20.3 Å². The van der Waals surface area contributed by atoms with Gasteiger partial charge in [-0.05, 0) is 57.8 Å². The highest BCUT2D eigenvalue weighted by Crippen LogP contribution is 2.34. The fraction of sp³-hybridized carbons (Fsp3) is 0.406. The van der Waals surface area contributed by atoms with Gasteiger partial charge in [-0.1, -0.05) is 19.1 Å². The number of aromatic amines is 1. The average Bonchev–Trinajstić information content (AvgIpc) is 3.38. The molecule has 224 valence electrons. The van der Waals surface area contributed by atoms with E-state index >= 15 is 8.78 Å². The second kappa shape index (κ2) is 12.4. The van der Waals surface area contributed by atoms with Gasteiger partial charge in [-0.2, -0.15) is 0 Å². The molecule has 2 aliphatic heterocycles. The van der Waals surface area contributed by atoms with Crippen LogP contribution in [0.15, 0.2) is 60.0 Å². The molecule has 0 spiro atoms. The number of fused-ring (bicyclic) bond motifs is 1. The van der Waals surface area contributed by atoms with Gasteiger partial charge >= 0.3 is 0 Å². The fourth-order valence-electron chi connectivity index (χ4n) is 5.43. The second-order valence-electron chi connectivity index (χ2n) is 11.2. The standard InChI is InChI=1S/C32H40F2N6O2/c1-6-39(5)32(41)27-30(42-26-19-25(33)29-24(28(26)34)17-21(3)36-29)20(2)9-8-12-35-31(27)37-22-10-7-11-23(18-22)40-15-13-38(4)14-16-40/h7-8,10-12,17-20,31,35-37H,6,9,13-16H2,1-5H3/b12-8+,30-27-. The van der Waals surface area contributed by atoms with Gasteiger partial charge in [0, 0.05) is 74.2 Å². The number of aromatic nitrogens is 1. The molecule has 2 aliphatic rings. The Kier molecular flexibility index (Phi) is 8.72. The number of carbonyl (C=O) groups is 1. The van der Waals surface area contributed by atoms with Crippen LogP contribution in [-0.2, 0) is 4.79 Å². The maximum Gasteiger partial charge on any atom is 0.256 e. The number of hydrogen-bond acceptors (Lipinski definition) is 6. The third-order valence-electron chi connectivity index (χ3n) is 8.07. The summed E-state index contributed by atoms with van der Waals surface area (Å²) in [6.45, 7) is 9.84. The molecule has 42 heavy (non-hydrogen) atoms. The smallest absolute Gasteiger partial charge is 0.256 e. The summed E-state index contributed by atoms with van der Waals surface area (Å²) in [4.78, 5) is 23.1. The van der Waals surface area contributed by atoms with Gasteiger partial charge in [0.25, 0.3) is 5.91 Å². The quantitative estimate of drug-likeness (QED) is 0.358. The monoisotopic (exact) mass is 578 g/mol. The van der Waals surface area contributed by atoms with Crippen LogP contribution in [0.1, 0.15) is 26.0 Å². The summed E-state index contributed by atoms with van der Waals surface area (Å²) in [5.74, 6) is -1.84. The van der Waals surface area contributed by atoms with Gasteiger partial charge in [0.05, 0.1) is 11.1 Å². The molecule has 3 aromatic rings. The minimum Gasteiger partial charge on any atom is -0.458 e. The summed E-state index contributed by atoms with van der Waals surface area (Å²) in [5.41, 5.74) is 2.94. The largest absolute Gasteiger partial charge is 0.458 e. The zero-order chi connectivity index (χ0) is 30.0. The van der Waals surface area contributed by atoms with E-state index in [-0.39, 0.29) is 34.2 Å². The molecule has 0 radical (unpaired) electrons. The molecule has 3 heterocycles. The summed E-state index contributed by atoms with van der Waals surface area (Å²) in [6, 6.07) is 10.7. The lowest BCUT2D eigenvalue weighted by molar-refractivity contribution is -0.126. The number of H-pyrrole nitrogens is 1. The van der Waals surface area contributed by atoms with Crippen molar-refractivity contribution in [1.82, 2.24) is 20.1 Å². The number of aryl methyl sites for hydroxylation is 1. The van der Waals surface area contributed by atoms with Crippen molar-refractivity contribution in [2.24, 2.45) is 5.92 Å². The average molecular weight is 579 g/mol. The first kappa shape index (κ1) is 29.4. The van der Waals surface area contributed by atoms with Crippen molar-refractivity contribution < 1.29 is 18.3 Å². The summed E-state index contributed by atoms with van der Waals surface area (Å²) in [7, 11) is 3.84. The van der Waals surface area contributed by atoms with Gasteiger partial charge in [0.1, 0.15) is 11.9 Å². The highest BCUT2D eigenvalue weighted by Gasteiger charge is 2.32. The molecular formula is C32H40F2N6O2. The molecule has 5 rings (SSSR count). The van der Waals surface area contributed by atoms with E-state index in [0.29, 0.717) is 24.2 Å². The van der Waals surface area contributed by atoms with Gasteiger partial charge in [0.15, 0.2) is 17.4 Å². The molecule has 2 atom stereocenters. The first-order chi connectivity index (χ1) is 20.2. The van der Waals surface area contributed by atoms with Crippen LogP contribution in [-0.4, -0.2) is 73.7 Å². The predicted octanol–water partition coefficient (Wildman–Crippen LogP) is 5.20. The molecule has 1 aromatic heterocycles. The Morgan fingerprint density at radius 2 is 1.93 bits per heavy atom. The van der Waals surface area contributed by atoms with E-state index in [1.807, 2.05) is 38.3 Å². The van der Waals surface area contributed by atoms with Crippen LogP contribution in [0.2, 0.25) is 0 Å². The van der Waals surface area contributed by atoms with Crippen molar-refractivity contribution in [3.63, 3.8) is 0 Å². The lowest BCUT2D eigenvalue weighted by Crippen LogP contribution is -2.45. The molecule has 1 fully saturated rings. The van der Waals surface area contributed by atoms with Crippen LogP contribution in [0, 0.1) is 24.5 Å². The Morgan fingerprint density at radius 3 is 2.67 bits per heavy atom. The van der Waals surface area contributed by atoms with E-state index in [9.17, 15) is 4.79 Å². The van der Waals surface area contributed by atoms with Crippen molar-refractivity contribution in [2.75, 3.05) is 57.0 Å². The Balaban J connectivity index is 1.56. The summed E-state index contributed by atoms with van der Waals surface area (Å²) >= 11 is 0. The Labute approximate surface area is 246 Å². The predicted molar refractivity (Wildman–Crippen MR) is 164 cm³/mol. The molecule has 1 amide bonds. The third kappa shape index (κ3) is 6.09. The van der Waals surface area contributed by atoms with Gasteiger partial charge < -0.3 is 35.1 Å².